The van der Waals surface area contributed by atoms with E-state index in [0.29, 0.717) is 0 Å². The number of carbonyl (C=O) groups excluding carboxylic acids is 1. The highest BCUT2D eigenvalue weighted by Gasteiger charge is 2.14. The Morgan fingerprint density at radius 1 is 1.45 bits per heavy atom. The zero-order valence-corrected chi connectivity index (χ0v) is 12.9. The third-order valence-electron chi connectivity index (χ3n) is 3.24. The van der Waals surface area contributed by atoms with Crippen molar-refractivity contribution < 1.29 is 9.53 Å². The van der Waals surface area contributed by atoms with Gasteiger partial charge in [0.05, 0.1) is 24.2 Å². The number of hydrogen-bond acceptors (Lipinski definition) is 4. The van der Waals surface area contributed by atoms with Gasteiger partial charge in [0.2, 0.25) is 0 Å². The van der Waals surface area contributed by atoms with Crippen molar-refractivity contribution in [3.8, 4) is 0 Å². The second kappa shape index (κ2) is 6.79. The van der Waals surface area contributed by atoms with Gasteiger partial charge in [0.25, 0.3) is 0 Å². The van der Waals surface area contributed by atoms with E-state index in [1.807, 2.05) is 23.7 Å². The number of para-hydroxylation sites is 1. The van der Waals surface area contributed by atoms with Gasteiger partial charge in [-0.15, -0.1) is 0 Å². The van der Waals surface area contributed by atoms with Crippen molar-refractivity contribution in [3.05, 3.63) is 30.0 Å². The van der Waals surface area contributed by atoms with E-state index in [9.17, 15) is 4.79 Å². The number of esters is 1. The van der Waals surface area contributed by atoms with E-state index >= 15 is 0 Å². The maximum Gasteiger partial charge on any atom is 0.309 e. The first-order valence-electron chi connectivity index (χ1n) is 6.77. The summed E-state index contributed by atoms with van der Waals surface area (Å²) in [5.41, 5.74) is 2.26. The largest absolute Gasteiger partial charge is 0.469 e. The highest BCUT2D eigenvalue weighted by molar-refractivity contribution is 7.98. The molecule has 2 rings (SSSR count). The standard InChI is InChI=1S/C15H20N2O2S/c1-4-17-14-8-6-5-7-12(14)13(16-17)10-20-9-11(2)15(18)19-3/h5-8,11H,4,9-10H2,1-3H3. The number of aromatic nitrogens is 2. The van der Waals surface area contributed by atoms with Crippen LogP contribution in [0.1, 0.15) is 19.5 Å². The van der Waals surface area contributed by atoms with Crippen molar-refractivity contribution in [2.24, 2.45) is 5.92 Å². The summed E-state index contributed by atoms with van der Waals surface area (Å²) in [6.45, 7) is 4.85. The van der Waals surface area contributed by atoms with E-state index in [1.54, 1.807) is 11.8 Å². The molecule has 0 saturated carbocycles. The normalized spacial score (nSPS) is 12.6. The monoisotopic (exact) mass is 292 g/mol. The molecule has 0 aliphatic rings. The molecule has 4 nitrogen and oxygen atoms in total. The molecule has 108 valence electrons. The van der Waals surface area contributed by atoms with Crippen LogP contribution in [-0.2, 0) is 21.8 Å². The van der Waals surface area contributed by atoms with Gasteiger partial charge < -0.3 is 4.74 Å². The molecule has 0 spiro atoms. The van der Waals surface area contributed by atoms with Crippen molar-refractivity contribution in [2.45, 2.75) is 26.1 Å². The van der Waals surface area contributed by atoms with Gasteiger partial charge in [-0.05, 0) is 13.0 Å². The van der Waals surface area contributed by atoms with Crippen molar-refractivity contribution in [1.82, 2.24) is 9.78 Å². The molecule has 0 fully saturated rings. The molecule has 0 radical (unpaired) electrons. The molecule has 1 aromatic heterocycles. The molecule has 2 aromatic rings. The highest BCUT2D eigenvalue weighted by atomic mass is 32.2. The number of hydrogen-bond donors (Lipinski definition) is 0. The zero-order chi connectivity index (χ0) is 14.5. The second-order valence-corrected chi connectivity index (χ2v) is 5.75. The average Bonchev–Trinajstić information content (AvgIpc) is 2.84. The van der Waals surface area contributed by atoms with E-state index in [-0.39, 0.29) is 11.9 Å². The lowest BCUT2D eigenvalue weighted by atomic mass is 10.2. The first-order valence-corrected chi connectivity index (χ1v) is 7.92. The fourth-order valence-corrected chi connectivity index (χ4v) is 3.16. The lowest BCUT2D eigenvalue weighted by molar-refractivity contribution is -0.143. The number of rotatable bonds is 6. The second-order valence-electron chi connectivity index (χ2n) is 4.72. The SMILES string of the molecule is CCn1nc(CSCC(C)C(=O)OC)c2ccccc21. The number of aryl methyl sites for hydroxylation is 1. The van der Waals surface area contributed by atoms with E-state index in [1.165, 1.54) is 18.0 Å². The predicted molar refractivity (Wildman–Crippen MR) is 82.7 cm³/mol. The molecule has 20 heavy (non-hydrogen) atoms. The average molecular weight is 292 g/mol. The Bertz CT molecular complexity index is 595. The van der Waals surface area contributed by atoms with E-state index in [0.717, 1.165) is 23.7 Å². The van der Waals surface area contributed by atoms with Crippen molar-refractivity contribution in [2.75, 3.05) is 12.9 Å². The van der Waals surface area contributed by atoms with Crippen LogP contribution in [0.5, 0.6) is 0 Å². The minimum Gasteiger partial charge on any atom is -0.469 e. The van der Waals surface area contributed by atoms with Crippen molar-refractivity contribution >= 4 is 28.6 Å². The summed E-state index contributed by atoms with van der Waals surface area (Å²) in [5, 5.41) is 5.85. The maximum absolute atomic E-state index is 11.4. The van der Waals surface area contributed by atoms with E-state index in [2.05, 4.69) is 24.2 Å². The molecule has 1 aromatic carbocycles. The lowest BCUT2D eigenvalue weighted by Gasteiger charge is -2.07. The van der Waals surface area contributed by atoms with Crippen LogP contribution in [0.4, 0.5) is 0 Å². The summed E-state index contributed by atoms with van der Waals surface area (Å²) >= 11 is 1.72. The van der Waals surface area contributed by atoms with Crippen LogP contribution in [0.2, 0.25) is 0 Å². The Morgan fingerprint density at radius 3 is 2.90 bits per heavy atom. The fourth-order valence-electron chi connectivity index (χ4n) is 2.15. The lowest BCUT2D eigenvalue weighted by Crippen LogP contribution is -2.14. The quantitative estimate of drug-likeness (QED) is 0.767. The Kier molecular flexibility index (Phi) is 5.06. The first-order chi connectivity index (χ1) is 9.67. The molecule has 0 saturated heterocycles. The third-order valence-corrected chi connectivity index (χ3v) is 4.46. The summed E-state index contributed by atoms with van der Waals surface area (Å²) in [6.07, 6.45) is 0. The number of thioether (sulfide) groups is 1. The molecule has 1 unspecified atom stereocenters. The van der Waals surface area contributed by atoms with Gasteiger partial charge in [-0.25, -0.2) is 0 Å². The Labute approximate surface area is 123 Å². The molecule has 1 heterocycles. The third kappa shape index (κ3) is 3.15. The van der Waals surface area contributed by atoms with Crippen LogP contribution >= 0.6 is 11.8 Å². The summed E-state index contributed by atoms with van der Waals surface area (Å²) in [7, 11) is 1.43. The maximum atomic E-state index is 11.4. The molecule has 0 aliphatic heterocycles. The summed E-state index contributed by atoms with van der Waals surface area (Å²) in [6, 6.07) is 8.27. The molecular formula is C15H20N2O2S. The van der Waals surface area contributed by atoms with Crippen LogP contribution in [0, 0.1) is 5.92 Å². The number of fused-ring (bicyclic) bond motifs is 1. The summed E-state index contributed by atoms with van der Waals surface area (Å²) in [5.74, 6) is 1.33. The molecule has 0 N–H and O–H groups in total. The highest BCUT2D eigenvalue weighted by Crippen LogP contribution is 2.23. The molecule has 0 aliphatic carbocycles. The molecule has 0 amide bonds. The first kappa shape index (κ1) is 14.9. The van der Waals surface area contributed by atoms with E-state index < -0.39 is 0 Å². The minimum absolute atomic E-state index is 0.0791. The van der Waals surface area contributed by atoms with Crippen molar-refractivity contribution in [1.29, 1.82) is 0 Å². The van der Waals surface area contributed by atoms with Gasteiger partial charge in [-0.1, -0.05) is 25.1 Å². The topological polar surface area (TPSA) is 44.1 Å². The summed E-state index contributed by atoms with van der Waals surface area (Å²) in [4.78, 5) is 11.4. The number of benzene rings is 1. The smallest absolute Gasteiger partial charge is 0.309 e. The number of ether oxygens (including phenoxy) is 1. The number of methoxy groups -OCH3 is 1. The predicted octanol–water partition coefficient (Wildman–Crippen LogP) is 3.10. The minimum atomic E-state index is -0.151. The van der Waals surface area contributed by atoms with Crippen LogP contribution in [0.25, 0.3) is 10.9 Å². The van der Waals surface area contributed by atoms with Gasteiger partial charge in [-0.2, -0.15) is 16.9 Å². The summed E-state index contributed by atoms with van der Waals surface area (Å²) < 4.78 is 6.76. The Balaban J connectivity index is 2.05. The molecular weight excluding hydrogens is 272 g/mol. The number of carbonyl (C=O) groups is 1. The van der Waals surface area contributed by atoms with Gasteiger partial charge >= 0.3 is 5.97 Å². The fraction of sp³-hybridized carbons (Fsp3) is 0.467. The zero-order valence-electron chi connectivity index (χ0n) is 12.1. The van der Waals surface area contributed by atoms with Gasteiger partial charge in [0.15, 0.2) is 0 Å². The number of nitrogens with zero attached hydrogens (tertiary/aromatic N) is 2. The Hall–Kier alpha value is -1.49. The Morgan fingerprint density at radius 2 is 2.20 bits per heavy atom. The van der Waals surface area contributed by atoms with Gasteiger partial charge in [0.1, 0.15) is 0 Å². The molecule has 5 heteroatoms. The molecule has 1 atom stereocenters. The molecule has 0 bridgehead atoms. The van der Waals surface area contributed by atoms with E-state index in [4.69, 9.17) is 4.74 Å². The van der Waals surface area contributed by atoms with Crippen LogP contribution in [-0.4, -0.2) is 28.6 Å². The van der Waals surface area contributed by atoms with Crippen molar-refractivity contribution in [3.63, 3.8) is 0 Å². The van der Waals surface area contributed by atoms with Gasteiger partial charge in [-0.3, -0.25) is 9.48 Å². The van der Waals surface area contributed by atoms with Gasteiger partial charge in [0, 0.05) is 23.4 Å². The van der Waals surface area contributed by atoms with Crippen LogP contribution in [0.3, 0.4) is 0 Å². The van der Waals surface area contributed by atoms with Crippen LogP contribution in [0.15, 0.2) is 24.3 Å². The van der Waals surface area contributed by atoms with Crippen LogP contribution < -0.4 is 0 Å².